The molecule has 0 aliphatic rings. The maximum absolute atomic E-state index is 8.96. The highest BCUT2D eigenvalue weighted by atomic mass is 16.5. The van der Waals surface area contributed by atoms with E-state index in [4.69, 9.17) is 14.7 Å². The van der Waals surface area contributed by atoms with Gasteiger partial charge in [0.2, 0.25) is 0 Å². The number of aryl methyl sites for hydroxylation is 1. The normalized spacial score (nSPS) is 11.3. The molecule has 0 amide bonds. The number of ether oxygens (including phenoxy) is 2. The van der Waals surface area contributed by atoms with Crippen molar-refractivity contribution in [2.45, 2.75) is 20.5 Å². The quantitative estimate of drug-likeness (QED) is 0.516. The molecule has 0 aliphatic heterocycles. The number of oxime groups is 1. The monoisotopic (exact) mass is 285 g/mol. The highest BCUT2D eigenvalue weighted by molar-refractivity contribution is 6.00. The van der Waals surface area contributed by atoms with Gasteiger partial charge in [0.25, 0.3) is 0 Å². The molecule has 0 saturated heterocycles. The van der Waals surface area contributed by atoms with E-state index >= 15 is 0 Å². The predicted molar refractivity (Wildman–Crippen MR) is 82.5 cm³/mol. The summed E-state index contributed by atoms with van der Waals surface area (Å²) in [5.41, 5.74) is 3.51. The van der Waals surface area contributed by atoms with Gasteiger partial charge in [0.1, 0.15) is 18.1 Å². The van der Waals surface area contributed by atoms with E-state index in [9.17, 15) is 0 Å². The second-order valence-corrected chi connectivity index (χ2v) is 4.83. The Morgan fingerprint density at radius 3 is 2.67 bits per heavy atom. The van der Waals surface area contributed by atoms with E-state index in [-0.39, 0.29) is 0 Å². The van der Waals surface area contributed by atoms with Gasteiger partial charge < -0.3 is 14.7 Å². The molecule has 2 rings (SSSR count). The number of benzene rings is 2. The van der Waals surface area contributed by atoms with Crippen LogP contribution in [0, 0.1) is 6.92 Å². The van der Waals surface area contributed by atoms with Crippen molar-refractivity contribution in [3.8, 4) is 11.5 Å². The smallest absolute Gasteiger partial charge is 0.132 e. The number of rotatable bonds is 5. The molecule has 2 aromatic rings. The summed E-state index contributed by atoms with van der Waals surface area (Å²) in [4.78, 5) is 0. The van der Waals surface area contributed by atoms with Crippen molar-refractivity contribution >= 4 is 5.71 Å². The molecule has 0 saturated carbocycles. The van der Waals surface area contributed by atoms with E-state index in [0.29, 0.717) is 23.8 Å². The van der Waals surface area contributed by atoms with Crippen LogP contribution in [0.2, 0.25) is 0 Å². The minimum absolute atomic E-state index is 0.445. The van der Waals surface area contributed by atoms with Crippen LogP contribution in [0.4, 0.5) is 0 Å². The van der Waals surface area contributed by atoms with Crippen LogP contribution in [-0.2, 0) is 6.61 Å². The molecule has 0 aliphatic carbocycles. The highest BCUT2D eigenvalue weighted by Crippen LogP contribution is 2.26. The summed E-state index contributed by atoms with van der Waals surface area (Å²) in [7, 11) is 1.60. The summed E-state index contributed by atoms with van der Waals surface area (Å²) in [6.45, 7) is 4.21. The Bertz CT molecular complexity index is 650. The van der Waals surface area contributed by atoms with Gasteiger partial charge in [-0.15, -0.1) is 0 Å². The molecular formula is C17H19NO3. The van der Waals surface area contributed by atoms with Crippen molar-refractivity contribution < 1.29 is 14.7 Å². The van der Waals surface area contributed by atoms with E-state index < -0.39 is 0 Å². The average Bonchev–Trinajstić information content (AvgIpc) is 2.52. The molecule has 0 bridgehead atoms. The standard InChI is InChI=1S/C17H19NO3/c1-12-5-4-6-14(9-12)11-21-17-10-15(20-3)7-8-16(17)13(2)18-19/h4-10,19H,11H2,1-3H3/b18-13+. The fourth-order valence-electron chi connectivity index (χ4n) is 2.06. The number of methoxy groups -OCH3 is 1. The summed E-state index contributed by atoms with van der Waals surface area (Å²) in [5, 5.41) is 12.2. The molecule has 21 heavy (non-hydrogen) atoms. The Morgan fingerprint density at radius 2 is 2.00 bits per heavy atom. The Balaban J connectivity index is 2.25. The van der Waals surface area contributed by atoms with Crippen LogP contribution in [-0.4, -0.2) is 18.0 Å². The lowest BCUT2D eigenvalue weighted by molar-refractivity contribution is 0.301. The zero-order valence-corrected chi connectivity index (χ0v) is 12.5. The number of nitrogens with zero attached hydrogens (tertiary/aromatic N) is 1. The van der Waals surface area contributed by atoms with Gasteiger partial charge in [-0.1, -0.05) is 35.0 Å². The van der Waals surface area contributed by atoms with Crippen molar-refractivity contribution in [1.82, 2.24) is 0 Å². The number of hydrogen-bond acceptors (Lipinski definition) is 4. The molecule has 0 spiro atoms. The first-order valence-electron chi connectivity index (χ1n) is 6.69. The van der Waals surface area contributed by atoms with E-state index in [2.05, 4.69) is 11.2 Å². The van der Waals surface area contributed by atoms with Gasteiger partial charge in [-0.25, -0.2) is 0 Å². The summed E-state index contributed by atoms with van der Waals surface area (Å²) >= 11 is 0. The van der Waals surface area contributed by atoms with Crippen molar-refractivity contribution in [2.75, 3.05) is 7.11 Å². The van der Waals surface area contributed by atoms with Crippen LogP contribution in [0.15, 0.2) is 47.6 Å². The van der Waals surface area contributed by atoms with Crippen LogP contribution in [0.1, 0.15) is 23.6 Å². The Labute approximate surface area is 124 Å². The summed E-state index contributed by atoms with van der Waals surface area (Å²) in [6, 6.07) is 13.6. The fraction of sp³-hybridized carbons (Fsp3) is 0.235. The lowest BCUT2D eigenvalue weighted by Crippen LogP contribution is -2.03. The van der Waals surface area contributed by atoms with Crippen molar-refractivity contribution in [1.29, 1.82) is 0 Å². The molecule has 2 aromatic carbocycles. The van der Waals surface area contributed by atoms with Gasteiger partial charge in [0, 0.05) is 11.6 Å². The molecule has 0 radical (unpaired) electrons. The summed E-state index contributed by atoms with van der Waals surface area (Å²) < 4.78 is 11.1. The molecule has 0 fully saturated rings. The molecular weight excluding hydrogens is 266 g/mol. The van der Waals surface area contributed by atoms with E-state index in [1.807, 2.05) is 37.3 Å². The minimum atomic E-state index is 0.445. The van der Waals surface area contributed by atoms with Crippen molar-refractivity contribution in [2.24, 2.45) is 5.16 Å². The molecule has 110 valence electrons. The topological polar surface area (TPSA) is 51.0 Å². The summed E-state index contributed by atoms with van der Waals surface area (Å²) in [5.74, 6) is 1.33. The average molecular weight is 285 g/mol. The van der Waals surface area contributed by atoms with Gasteiger partial charge in [-0.2, -0.15) is 0 Å². The molecule has 1 N–H and O–H groups in total. The van der Waals surface area contributed by atoms with E-state index in [0.717, 1.165) is 11.1 Å². The van der Waals surface area contributed by atoms with E-state index in [1.165, 1.54) is 5.56 Å². The molecule has 0 aromatic heterocycles. The molecule has 4 heteroatoms. The first-order valence-corrected chi connectivity index (χ1v) is 6.69. The van der Waals surface area contributed by atoms with Crippen molar-refractivity contribution in [3.05, 3.63) is 59.2 Å². The first kappa shape index (κ1) is 14.9. The van der Waals surface area contributed by atoms with Crippen LogP contribution in [0.25, 0.3) is 0 Å². The van der Waals surface area contributed by atoms with Crippen LogP contribution < -0.4 is 9.47 Å². The lowest BCUT2D eigenvalue weighted by atomic mass is 10.1. The van der Waals surface area contributed by atoms with Crippen molar-refractivity contribution in [3.63, 3.8) is 0 Å². The molecule has 0 atom stereocenters. The van der Waals surface area contributed by atoms with Gasteiger partial charge in [-0.3, -0.25) is 0 Å². The molecule has 4 nitrogen and oxygen atoms in total. The third-order valence-electron chi connectivity index (χ3n) is 3.21. The lowest BCUT2D eigenvalue weighted by Gasteiger charge is -2.12. The van der Waals surface area contributed by atoms with Gasteiger partial charge in [-0.05, 0) is 31.5 Å². The third kappa shape index (κ3) is 3.75. The fourth-order valence-corrected chi connectivity index (χ4v) is 2.06. The maximum Gasteiger partial charge on any atom is 0.132 e. The SMILES string of the molecule is COc1ccc(/C(C)=N/O)c(OCc2cccc(C)c2)c1. The van der Waals surface area contributed by atoms with Crippen LogP contribution >= 0.6 is 0 Å². The van der Waals surface area contributed by atoms with Crippen LogP contribution in [0.5, 0.6) is 11.5 Å². The zero-order chi connectivity index (χ0) is 15.2. The minimum Gasteiger partial charge on any atom is -0.497 e. The largest absolute Gasteiger partial charge is 0.497 e. The Kier molecular flexibility index (Phi) is 4.82. The van der Waals surface area contributed by atoms with Gasteiger partial charge in [0.05, 0.1) is 12.8 Å². The van der Waals surface area contributed by atoms with Gasteiger partial charge in [0.15, 0.2) is 0 Å². The highest BCUT2D eigenvalue weighted by Gasteiger charge is 2.09. The third-order valence-corrected chi connectivity index (χ3v) is 3.21. The molecule has 0 heterocycles. The predicted octanol–water partition coefficient (Wildman–Crippen LogP) is 3.78. The second kappa shape index (κ2) is 6.79. The number of hydrogen-bond donors (Lipinski definition) is 1. The molecule has 0 unspecified atom stereocenters. The Hall–Kier alpha value is -2.49. The summed E-state index contributed by atoms with van der Waals surface area (Å²) in [6.07, 6.45) is 0. The zero-order valence-electron chi connectivity index (χ0n) is 12.5. The van der Waals surface area contributed by atoms with Gasteiger partial charge >= 0.3 is 0 Å². The first-order chi connectivity index (χ1) is 10.1. The second-order valence-electron chi connectivity index (χ2n) is 4.83. The van der Waals surface area contributed by atoms with Crippen LogP contribution in [0.3, 0.4) is 0 Å². The maximum atomic E-state index is 8.96. The van der Waals surface area contributed by atoms with E-state index in [1.54, 1.807) is 20.1 Å². The Morgan fingerprint density at radius 1 is 1.19 bits per heavy atom.